The molecule has 0 saturated carbocycles. The van der Waals surface area contributed by atoms with Crippen LogP contribution in [0, 0.1) is 0 Å². The van der Waals surface area contributed by atoms with Crippen LogP contribution < -0.4 is 63.8 Å². The summed E-state index contributed by atoms with van der Waals surface area (Å²) in [6, 6.07) is 0. The molecule has 2 aliphatic rings. The quantitative estimate of drug-likeness (QED) is 0.200. The molecular weight excluding hydrogens is 785 g/mol. The Labute approximate surface area is 390 Å². The lowest BCUT2D eigenvalue weighted by Gasteiger charge is -2.26. The van der Waals surface area contributed by atoms with Crippen LogP contribution in [-0.4, -0.2) is 206 Å². The SMILES string of the molecule is C1CCNCCCN(CCCN2CCCNCCCCNCCCNCCCNCCCNCCCCNCCC2)CCCNCCCCNCCCNCCCNCCCNC1. The molecule has 14 nitrogen and oxygen atoms in total. The van der Waals surface area contributed by atoms with Crippen LogP contribution in [0.25, 0.3) is 0 Å². The predicted octanol–water partition coefficient (Wildman–Crippen LogP) is 2.10. The van der Waals surface area contributed by atoms with E-state index < -0.39 is 0 Å². The highest BCUT2D eigenvalue weighted by Gasteiger charge is 2.09. The molecule has 14 heteroatoms. The van der Waals surface area contributed by atoms with Crippen LogP contribution in [0.15, 0.2) is 0 Å². The Morgan fingerprint density at radius 2 is 0.317 bits per heavy atom. The van der Waals surface area contributed by atoms with Crippen molar-refractivity contribution in [2.75, 3.05) is 196 Å². The van der Waals surface area contributed by atoms with Crippen molar-refractivity contribution >= 4 is 0 Å². The summed E-state index contributed by atoms with van der Waals surface area (Å²) in [6.45, 7) is 34.3. The molecule has 2 aliphatic heterocycles. The summed E-state index contributed by atoms with van der Waals surface area (Å²) in [7, 11) is 0. The van der Waals surface area contributed by atoms with Gasteiger partial charge in [0.2, 0.25) is 0 Å². The molecule has 0 aromatic rings. The first kappa shape index (κ1) is 58.6. The maximum Gasteiger partial charge on any atom is -0.000653 e. The van der Waals surface area contributed by atoms with Gasteiger partial charge >= 0.3 is 0 Å². The van der Waals surface area contributed by atoms with Gasteiger partial charge in [-0.25, -0.2) is 0 Å². The zero-order chi connectivity index (χ0) is 44.3. The van der Waals surface area contributed by atoms with E-state index in [0.29, 0.717) is 0 Å². The molecule has 63 heavy (non-hydrogen) atoms. The van der Waals surface area contributed by atoms with Crippen LogP contribution in [0.3, 0.4) is 0 Å². The molecule has 2 fully saturated rings. The zero-order valence-electron chi connectivity index (χ0n) is 41.5. The predicted molar refractivity (Wildman–Crippen MR) is 275 cm³/mol. The average Bonchev–Trinajstić information content (AvgIpc) is 3.29. The smallest absolute Gasteiger partial charge is 0.000653 e. The van der Waals surface area contributed by atoms with E-state index in [2.05, 4.69) is 73.6 Å². The van der Waals surface area contributed by atoms with Crippen molar-refractivity contribution in [1.82, 2.24) is 73.6 Å². The second-order valence-corrected chi connectivity index (χ2v) is 18.4. The van der Waals surface area contributed by atoms with Gasteiger partial charge in [0.05, 0.1) is 0 Å². The minimum absolute atomic E-state index is 1.12. The van der Waals surface area contributed by atoms with Gasteiger partial charge in [0.1, 0.15) is 0 Å². The first-order valence-corrected chi connectivity index (χ1v) is 27.4. The third-order valence-electron chi connectivity index (χ3n) is 12.3. The molecule has 2 heterocycles. The van der Waals surface area contributed by atoms with Crippen molar-refractivity contribution in [3.8, 4) is 0 Å². The van der Waals surface area contributed by atoms with Gasteiger partial charge in [-0.1, -0.05) is 0 Å². The van der Waals surface area contributed by atoms with Crippen LogP contribution in [0.1, 0.15) is 122 Å². The second-order valence-electron chi connectivity index (χ2n) is 18.4. The minimum atomic E-state index is 1.12. The van der Waals surface area contributed by atoms with Gasteiger partial charge < -0.3 is 73.6 Å². The van der Waals surface area contributed by atoms with Gasteiger partial charge in [0.25, 0.3) is 0 Å². The topological polar surface area (TPSA) is 151 Å². The Morgan fingerprint density at radius 1 is 0.175 bits per heavy atom. The normalized spacial score (nSPS) is 24.4. The number of hydrogen-bond donors (Lipinski definition) is 12. The molecule has 0 spiro atoms. The Kier molecular flexibility index (Phi) is 47.3. The van der Waals surface area contributed by atoms with Crippen molar-refractivity contribution < 1.29 is 0 Å². The molecule has 2 saturated heterocycles. The molecule has 12 N–H and O–H groups in total. The monoisotopic (exact) mass is 895 g/mol. The molecule has 0 atom stereocenters. The van der Waals surface area contributed by atoms with Crippen molar-refractivity contribution in [3.05, 3.63) is 0 Å². The molecule has 0 amide bonds. The fourth-order valence-electron chi connectivity index (χ4n) is 8.43. The second kappa shape index (κ2) is 50.8. The van der Waals surface area contributed by atoms with Gasteiger partial charge in [0, 0.05) is 0 Å². The first-order valence-electron chi connectivity index (χ1n) is 27.4. The molecular formula is C49H110N14. The van der Waals surface area contributed by atoms with Crippen molar-refractivity contribution in [2.45, 2.75) is 122 Å². The van der Waals surface area contributed by atoms with Gasteiger partial charge in [0.15, 0.2) is 0 Å². The largest absolute Gasteiger partial charge is 0.317 e. The molecule has 0 aromatic heterocycles. The van der Waals surface area contributed by atoms with E-state index >= 15 is 0 Å². The molecule has 0 unspecified atom stereocenters. The fraction of sp³-hybridized carbons (Fsp3) is 1.00. The van der Waals surface area contributed by atoms with Crippen LogP contribution in [0.2, 0.25) is 0 Å². The third kappa shape index (κ3) is 45.0. The van der Waals surface area contributed by atoms with Gasteiger partial charge in [-0.05, 0) is 318 Å². The molecule has 0 radical (unpaired) electrons. The van der Waals surface area contributed by atoms with Crippen LogP contribution in [-0.2, 0) is 0 Å². The first-order chi connectivity index (χ1) is 31.4. The minimum Gasteiger partial charge on any atom is -0.317 e. The Hall–Kier alpha value is -0.560. The molecule has 0 aromatic carbocycles. The number of nitrogens with zero attached hydrogens (tertiary/aromatic N) is 2. The lowest BCUT2D eigenvalue weighted by molar-refractivity contribution is 0.218. The van der Waals surface area contributed by atoms with Crippen LogP contribution in [0.5, 0.6) is 0 Å². The van der Waals surface area contributed by atoms with Gasteiger partial charge in [-0.3, -0.25) is 0 Å². The van der Waals surface area contributed by atoms with E-state index in [0.717, 1.165) is 157 Å². The van der Waals surface area contributed by atoms with Crippen molar-refractivity contribution in [3.63, 3.8) is 0 Å². The van der Waals surface area contributed by atoms with Crippen LogP contribution >= 0.6 is 0 Å². The molecule has 2 rings (SSSR count). The summed E-state index contributed by atoms with van der Waals surface area (Å²) in [5, 5.41) is 44.1. The maximum atomic E-state index is 3.76. The summed E-state index contributed by atoms with van der Waals surface area (Å²) >= 11 is 0. The van der Waals surface area contributed by atoms with Crippen molar-refractivity contribution in [2.24, 2.45) is 0 Å². The Balaban J connectivity index is 1.75. The average molecular weight is 896 g/mol. The summed E-state index contributed by atoms with van der Waals surface area (Å²) in [5.41, 5.74) is 0. The maximum absolute atomic E-state index is 3.76. The Morgan fingerprint density at radius 3 is 0.492 bits per heavy atom. The Bertz CT molecular complexity index is 735. The van der Waals surface area contributed by atoms with E-state index in [-0.39, 0.29) is 0 Å². The number of hydrogen-bond acceptors (Lipinski definition) is 14. The number of nitrogens with one attached hydrogen (secondary N) is 12. The lowest BCUT2D eigenvalue weighted by Crippen LogP contribution is -2.35. The highest BCUT2D eigenvalue weighted by Crippen LogP contribution is 2.02. The van der Waals surface area contributed by atoms with E-state index in [1.165, 1.54) is 161 Å². The van der Waals surface area contributed by atoms with Crippen molar-refractivity contribution in [1.29, 1.82) is 0 Å². The molecule has 376 valence electrons. The summed E-state index contributed by atoms with van der Waals surface area (Å²) in [5.74, 6) is 0. The zero-order valence-corrected chi connectivity index (χ0v) is 41.5. The third-order valence-corrected chi connectivity index (χ3v) is 12.3. The van der Waals surface area contributed by atoms with Crippen LogP contribution in [0.4, 0.5) is 0 Å². The van der Waals surface area contributed by atoms with E-state index in [4.69, 9.17) is 0 Å². The summed E-state index contributed by atoms with van der Waals surface area (Å²) in [6.07, 6.45) is 23.6. The molecule has 0 bridgehead atoms. The highest BCUT2D eigenvalue weighted by molar-refractivity contribution is 4.67. The van der Waals surface area contributed by atoms with E-state index in [9.17, 15) is 0 Å². The lowest BCUT2D eigenvalue weighted by atomic mass is 10.2. The van der Waals surface area contributed by atoms with Gasteiger partial charge in [-0.2, -0.15) is 0 Å². The van der Waals surface area contributed by atoms with E-state index in [1.54, 1.807) is 0 Å². The molecule has 0 aliphatic carbocycles. The summed E-state index contributed by atoms with van der Waals surface area (Å²) in [4.78, 5) is 5.55. The van der Waals surface area contributed by atoms with Gasteiger partial charge in [-0.15, -0.1) is 0 Å². The number of rotatable bonds is 4. The fourth-order valence-corrected chi connectivity index (χ4v) is 8.43. The summed E-state index contributed by atoms with van der Waals surface area (Å²) < 4.78 is 0. The van der Waals surface area contributed by atoms with E-state index in [1.807, 2.05) is 0 Å². The highest BCUT2D eigenvalue weighted by atomic mass is 15.1. The standard InChI is InChI=1S/C49H110N14/c1-5-24-54-40-15-44-62(45-16-41-55-25-6-2-21-51-29-10-33-59-37-13-36-58-32-9-28-50-20-1)48-19-49-63-46-17-42-56-26-7-3-22-52-30-11-34-60-38-14-39-61-35-12-31-53-23-4-8-27-57-43-18-47-63/h50-61H,1-49H2.